The summed E-state index contributed by atoms with van der Waals surface area (Å²) in [5.74, 6) is -2.92. The Morgan fingerprint density at radius 3 is 1.19 bits per heavy atom. The van der Waals surface area contributed by atoms with E-state index in [4.69, 9.17) is 15.3 Å². The van der Waals surface area contributed by atoms with E-state index in [0.29, 0.717) is 5.41 Å². The minimum Gasteiger partial charge on any atom is -0.748 e. The number of nitrogens with one attached hydrogen (secondary N) is 2. The first-order valence-electron chi connectivity index (χ1n) is 16.4. The van der Waals surface area contributed by atoms with Crippen LogP contribution in [0.3, 0.4) is 0 Å². The number of carbonyl (C=O) groups is 1. The zero-order valence-corrected chi connectivity index (χ0v) is 41.3. The predicted molar refractivity (Wildman–Crippen MR) is 211 cm³/mol. The molecule has 0 radical (unpaired) electrons. The second-order valence-corrected chi connectivity index (χ2v) is 28.4. The Balaban J connectivity index is -0.000000117. The number of rotatable bonds is 22. The molecule has 0 aliphatic heterocycles. The third-order valence-corrected chi connectivity index (χ3v) is 12.6. The van der Waals surface area contributed by atoms with Crippen molar-refractivity contribution in [2.45, 2.75) is 79.1 Å². The van der Waals surface area contributed by atoms with Crippen LogP contribution >= 0.6 is 0 Å². The van der Waals surface area contributed by atoms with E-state index in [1.54, 1.807) is 4.72 Å². The molecule has 0 bridgehead atoms. The number of aliphatic hydroxyl groups is 3. The molecular weight excluding hydrogens is 927 g/mol. The van der Waals surface area contributed by atoms with Crippen LogP contribution in [0.25, 0.3) is 0 Å². The topological polar surface area (TPSA) is 396 Å². The first kappa shape index (κ1) is 73.4. The fraction of sp³-hybridized carbons (Fsp3) is 0.963. The maximum absolute atomic E-state index is 11.2. The Morgan fingerprint density at radius 1 is 0.610 bits per heavy atom. The van der Waals surface area contributed by atoms with E-state index in [-0.39, 0.29) is 105 Å². The van der Waals surface area contributed by atoms with E-state index in [0.717, 1.165) is 25.0 Å². The van der Waals surface area contributed by atoms with Gasteiger partial charge >= 0.3 is 37.7 Å². The van der Waals surface area contributed by atoms with Gasteiger partial charge in [0.05, 0.1) is 57.3 Å². The first-order chi connectivity index (χ1) is 24.9. The molecule has 0 amide bonds. The van der Waals surface area contributed by atoms with Crippen LogP contribution in [0.1, 0.15) is 66.7 Å². The molecule has 2 unspecified atom stereocenters. The van der Waals surface area contributed by atoms with Crippen molar-refractivity contribution in [1.82, 2.24) is 9.44 Å². The molecule has 0 fully saturated rings. The van der Waals surface area contributed by atoms with Crippen LogP contribution in [0.5, 0.6) is 0 Å². The molecule has 0 rings (SSSR count). The summed E-state index contributed by atoms with van der Waals surface area (Å²) in [6, 6.07) is 0. The van der Waals surface area contributed by atoms with Gasteiger partial charge in [-0.1, -0.05) is 27.7 Å². The molecule has 0 aliphatic rings. The average molecular weight is 989 g/mol. The number of hydrogen-bond donors (Lipinski definition) is 5. The molecule has 350 valence electrons. The molecule has 5 N–H and O–H groups in total. The molecule has 0 aromatic heterocycles. The maximum atomic E-state index is 11.2. The average Bonchev–Trinajstić information content (AvgIpc) is 2.92. The van der Waals surface area contributed by atoms with E-state index in [2.05, 4.69) is 37.3 Å². The fourth-order valence-corrected chi connectivity index (χ4v) is 8.68. The summed E-state index contributed by atoms with van der Waals surface area (Å²) in [7, 11) is -24.0. The number of sulfone groups is 4. The summed E-state index contributed by atoms with van der Waals surface area (Å²) in [6.45, 7) is 9.42. The summed E-state index contributed by atoms with van der Waals surface area (Å²) in [4.78, 5) is 13.2. The van der Waals surface area contributed by atoms with Crippen molar-refractivity contribution in [2.75, 3.05) is 78.4 Å². The van der Waals surface area contributed by atoms with Gasteiger partial charge < -0.3 is 30.0 Å². The fourth-order valence-electron chi connectivity index (χ4n) is 2.66. The van der Waals surface area contributed by atoms with Crippen molar-refractivity contribution in [2.24, 2.45) is 5.41 Å². The van der Waals surface area contributed by atoms with E-state index >= 15 is 0 Å². The first-order valence-corrected chi connectivity index (χ1v) is 29.5. The van der Waals surface area contributed by atoms with Crippen LogP contribution in [-0.4, -0.2) is 176 Å². The monoisotopic (exact) mass is 988 g/mol. The second kappa shape index (κ2) is 34.4. The van der Waals surface area contributed by atoms with Gasteiger partial charge in [-0.05, 0) is 38.0 Å². The van der Waals surface area contributed by atoms with Crippen LogP contribution in [-0.2, 0) is 79.2 Å². The van der Waals surface area contributed by atoms with Crippen LogP contribution in [0.15, 0.2) is 0 Å². The van der Waals surface area contributed by atoms with Crippen molar-refractivity contribution in [3.63, 3.8) is 0 Å². The van der Waals surface area contributed by atoms with Crippen LogP contribution in [0, 0.1) is 5.41 Å². The van der Waals surface area contributed by atoms with Crippen LogP contribution < -0.4 is 52.4 Å². The largest absolute Gasteiger partial charge is 1.00 e. The van der Waals surface area contributed by atoms with Gasteiger partial charge in [-0.15, -0.1) is 0 Å². The van der Waals surface area contributed by atoms with E-state index in [9.17, 15) is 73.5 Å². The molecule has 23 nitrogen and oxygen atoms in total. The van der Waals surface area contributed by atoms with Gasteiger partial charge in [0, 0.05) is 43.7 Å². The predicted octanol–water partition coefficient (Wildman–Crippen LogP) is -9.97. The Morgan fingerprint density at radius 2 is 0.915 bits per heavy atom. The Kier molecular flexibility index (Phi) is 42.9. The second-order valence-electron chi connectivity index (χ2n) is 14.1. The zero-order valence-electron chi connectivity index (χ0n) is 35.6. The van der Waals surface area contributed by atoms with Gasteiger partial charge in [0.15, 0.2) is 0 Å². The van der Waals surface area contributed by atoms with Gasteiger partial charge in [-0.25, -0.2) is 63.6 Å². The van der Waals surface area contributed by atoms with Gasteiger partial charge in [-0.3, -0.25) is 4.79 Å². The van der Waals surface area contributed by atoms with Gasteiger partial charge in [-0.2, -0.15) is 4.72 Å². The van der Waals surface area contributed by atoms with Gasteiger partial charge in [0.1, 0.15) is 45.6 Å². The SMILES string of the molecule is CC(C)(C)C.CC(O)CNS(=O)(=O)CCCS(C)(=O)=O.CS(=O)(=O)CCCC(=O)O[O-].CS(=O)(=O)CCCS(=O)(=O)NC(O)CO.CS(=O)(=O)CCCS(=O)(=O)[O-].[Li+].[Li+]. The maximum Gasteiger partial charge on any atom is 1.00 e. The summed E-state index contributed by atoms with van der Waals surface area (Å²) in [5.41, 5.74) is 0.500. The summed E-state index contributed by atoms with van der Waals surface area (Å²) in [6.07, 6.45) is 1.71. The minimum atomic E-state index is -4.26. The Bertz CT molecular complexity index is 1860. The molecular formula is C27H62Li2N2O21S7. The third kappa shape index (κ3) is 86.0. The minimum absolute atomic E-state index is 0. The smallest absolute Gasteiger partial charge is 0.748 e. The van der Waals surface area contributed by atoms with E-state index < -0.39 is 106 Å². The summed E-state index contributed by atoms with van der Waals surface area (Å²) >= 11 is 0. The number of carbonyl (C=O) groups excluding carboxylic acids is 1. The Labute approximate surface area is 376 Å². The summed E-state index contributed by atoms with van der Waals surface area (Å²) < 4.78 is 163. The molecule has 0 heterocycles. The Hall–Kier alpha value is 0.0348. The summed E-state index contributed by atoms with van der Waals surface area (Å²) in [5, 5.41) is 35.4. The molecule has 59 heavy (non-hydrogen) atoms. The number of sulfonamides is 2. The van der Waals surface area contributed by atoms with E-state index in [1.807, 2.05) is 0 Å². The normalized spacial score (nSPS) is 13.3. The zero-order chi connectivity index (χ0) is 46.8. The molecule has 0 spiro atoms. The molecule has 0 saturated carbocycles. The van der Waals surface area contributed by atoms with Crippen LogP contribution in [0.2, 0.25) is 0 Å². The molecule has 0 aromatic carbocycles. The van der Waals surface area contributed by atoms with Crippen LogP contribution in [0.4, 0.5) is 0 Å². The number of hydrogen-bond acceptors (Lipinski definition) is 21. The third-order valence-electron chi connectivity index (χ3n) is 4.84. The molecule has 0 saturated heterocycles. The van der Waals surface area contributed by atoms with Gasteiger partial charge in [0.2, 0.25) is 20.0 Å². The van der Waals surface area contributed by atoms with Crippen molar-refractivity contribution in [3.8, 4) is 0 Å². The van der Waals surface area contributed by atoms with Crippen molar-refractivity contribution in [1.29, 1.82) is 0 Å². The standard InChI is InChI=1S/C7H17NO5S2.C6H15NO6S2.C5H10O5S.C5H12.C4H10O5S2.2Li/c1-7(9)6-8-15(12,13)5-3-4-14(2,10)11;1-14(10,11)3-2-4-15(12,13)7-6(9)5-8;1-11(8,9)4-2-3-5(6)10-7;1-5(2,3)4;1-10(5,6)3-2-4-11(7,8)9;;/h7-9H,3-6H2,1-2H3;6-9H,2-5H2,1H3;7H,2-4H2,1H3;1-4H3;2-4H2,1H3,(H,7,8,9);;/q;;;;;2*+1/p-2. The quantitative estimate of drug-likeness (QED) is 0.0221. The van der Waals surface area contributed by atoms with Crippen molar-refractivity contribution < 1.29 is 131 Å². The van der Waals surface area contributed by atoms with E-state index in [1.165, 1.54) is 6.92 Å². The molecule has 0 aliphatic carbocycles. The molecule has 2 atom stereocenters. The molecule has 32 heteroatoms. The van der Waals surface area contributed by atoms with Crippen molar-refractivity contribution in [3.05, 3.63) is 0 Å². The molecule has 0 aromatic rings. The van der Waals surface area contributed by atoms with Gasteiger partial charge in [0.25, 0.3) is 5.97 Å². The number of aliphatic hydroxyl groups excluding tert-OH is 3. The van der Waals surface area contributed by atoms with Crippen molar-refractivity contribution >= 4 is 75.5 Å².